The number of aromatic nitrogens is 4. The minimum atomic E-state index is -4.05. The van der Waals surface area contributed by atoms with Crippen LogP contribution in [0.2, 0.25) is 0 Å². The van der Waals surface area contributed by atoms with Crippen LogP contribution in [0, 0.1) is 19.8 Å². The van der Waals surface area contributed by atoms with Crippen molar-refractivity contribution in [3.05, 3.63) is 47.8 Å². The third-order valence-corrected chi connectivity index (χ3v) is 6.29. The van der Waals surface area contributed by atoms with Gasteiger partial charge in [0.05, 0.1) is 24.1 Å². The highest BCUT2D eigenvalue weighted by Gasteiger charge is 2.23. The number of sulfonamides is 1. The van der Waals surface area contributed by atoms with E-state index in [1.54, 1.807) is 6.07 Å². The Hall–Kier alpha value is -3.27. The van der Waals surface area contributed by atoms with Gasteiger partial charge in [-0.3, -0.25) is 4.98 Å². The summed E-state index contributed by atoms with van der Waals surface area (Å²) in [6.45, 7) is 8.50. The van der Waals surface area contributed by atoms with E-state index in [2.05, 4.69) is 43.8 Å². The fourth-order valence-electron chi connectivity index (χ4n) is 3.74. The summed E-state index contributed by atoms with van der Waals surface area (Å²) in [4.78, 5) is 17.0. The highest BCUT2D eigenvalue weighted by molar-refractivity contribution is 7.92. The van der Waals surface area contributed by atoms with Crippen molar-refractivity contribution in [2.24, 2.45) is 5.92 Å². The van der Waals surface area contributed by atoms with Crippen molar-refractivity contribution in [3.63, 3.8) is 0 Å². The number of ether oxygens (including phenoxy) is 1. The van der Waals surface area contributed by atoms with Crippen LogP contribution in [0.15, 0.2) is 41.7 Å². The average molecular weight is 455 g/mol. The van der Waals surface area contributed by atoms with Gasteiger partial charge in [0.15, 0.2) is 5.03 Å². The molecule has 0 unspecified atom stereocenters. The number of hydrogen-bond acceptors (Lipinski definition) is 8. The van der Waals surface area contributed by atoms with E-state index < -0.39 is 10.0 Å². The minimum absolute atomic E-state index is 0.0821. The molecule has 0 radical (unpaired) electrons. The molecule has 0 spiro atoms. The summed E-state index contributed by atoms with van der Waals surface area (Å²) in [7, 11) is -4.05. The molecule has 2 N–H and O–H groups in total. The maximum Gasteiger partial charge on any atom is 0.283 e. The molecule has 4 bridgehead atoms. The Morgan fingerprint density at radius 3 is 2.59 bits per heavy atom. The van der Waals surface area contributed by atoms with E-state index in [9.17, 15) is 8.42 Å². The van der Waals surface area contributed by atoms with Crippen molar-refractivity contribution in [2.75, 3.05) is 16.6 Å². The lowest BCUT2D eigenvalue weighted by Crippen LogP contribution is -2.30. The standard InChI is InChI=1S/C22H26N6O3S/c1-13(2)8-16-12-31-19-9-17(21-14(3)6-5-7-15(21)4)25-22(27-19)28-32(29,30)20-11-23-10-18(24-16)26-20/h5-7,9-11,13,16H,8,12H2,1-4H3,(H,24,26)(H,25,27,28)/t16-/m1/s1. The summed E-state index contributed by atoms with van der Waals surface area (Å²) in [5.74, 6) is 0.961. The summed E-state index contributed by atoms with van der Waals surface area (Å²) < 4.78 is 34.4. The maximum absolute atomic E-state index is 13.0. The first-order valence-corrected chi connectivity index (χ1v) is 11.9. The van der Waals surface area contributed by atoms with Gasteiger partial charge >= 0.3 is 0 Å². The van der Waals surface area contributed by atoms with Gasteiger partial charge in [0.2, 0.25) is 11.8 Å². The van der Waals surface area contributed by atoms with Crippen LogP contribution in [0.4, 0.5) is 11.8 Å². The molecule has 0 saturated carbocycles. The van der Waals surface area contributed by atoms with Crippen LogP contribution >= 0.6 is 0 Å². The quantitative estimate of drug-likeness (QED) is 0.616. The first kappa shape index (κ1) is 21.9. The Balaban J connectivity index is 1.84. The van der Waals surface area contributed by atoms with Crippen LogP contribution in [0.1, 0.15) is 31.4 Å². The van der Waals surface area contributed by atoms with Gasteiger partial charge in [0.1, 0.15) is 12.4 Å². The Labute approximate surface area is 187 Å². The first-order chi connectivity index (χ1) is 15.2. The number of fused-ring (bicyclic) bond motifs is 4. The van der Waals surface area contributed by atoms with E-state index in [0.29, 0.717) is 29.9 Å². The molecule has 3 heterocycles. The van der Waals surface area contributed by atoms with Crippen LogP contribution in [0.5, 0.6) is 5.88 Å². The fourth-order valence-corrected chi connectivity index (χ4v) is 4.60. The lowest BCUT2D eigenvalue weighted by atomic mass is 10.00. The molecule has 3 aromatic rings. The summed E-state index contributed by atoms with van der Waals surface area (Å²) in [6.07, 6.45) is 3.48. The Bertz CT molecular complexity index is 1230. The number of rotatable bonds is 3. The fraction of sp³-hybridized carbons (Fsp3) is 0.364. The lowest BCUT2D eigenvalue weighted by Gasteiger charge is -2.22. The largest absolute Gasteiger partial charge is 0.475 e. The smallest absolute Gasteiger partial charge is 0.283 e. The second kappa shape index (κ2) is 8.70. The third-order valence-electron chi connectivity index (χ3n) is 5.09. The maximum atomic E-state index is 13.0. The van der Waals surface area contributed by atoms with E-state index in [-0.39, 0.29) is 17.0 Å². The molecule has 32 heavy (non-hydrogen) atoms. The van der Waals surface area contributed by atoms with Gasteiger partial charge in [-0.05, 0) is 37.3 Å². The molecule has 4 rings (SSSR count). The van der Waals surface area contributed by atoms with Gasteiger partial charge in [-0.1, -0.05) is 32.0 Å². The number of aryl methyl sites for hydroxylation is 2. The van der Waals surface area contributed by atoms with Crippen molar-refractivity contribution in [1.29, 1.82) is 0 Å². The second-order valence-corrected chi connectivity index (χ2v) is 9.94. The minimum Gasteiger partial charge on any atom is -0.475 e. The molecule has 9 nitrogen and oxygen atoms in total. The van der Waals surface area contributed by atoms with Crippen LogP contribution in [0.25, 0.3) is 11.3 Å². The number of anilines is 2. The van der Waals surface area contributed by atoms with E-state index >= 15 is 0 Å². The predicted molar refractivity (Wildman–Crippen MR) is 122 cm³/mol. The topological polar surface area (TPSA) is 119 Å². The summed E-state index contributed by atoms with van der Waals surface area (Å²) in [5.41, 5.74) is 3.52. The average Bonchev–Trinajstić information content (AvgIpc) is 2.71. The van der Waals surface area contributed by atoms with Crippen molar-refractivity contribution >= 4 is 21.8 Å². The van der Waals surface area contributed by atoms with E-state index in [4.69, 9.17) is 4.74 Å². The van der Waals surface area contributed by atoms with Crippen molar-refractivity contribution < 1.29 is 13.2 Å². The molecule has 168 valence electrons. The number of hydrogen-bond donors (Lipinski definition) is 2. The Morgan fingerprint density at radius 1 is 1.12 bits per heavy atom. The van der Waals surface area contributed by atoms with E-state index in [1.807, 2.05) is 32.0 Å². The molecule has 0 amide bonds. The van der Waals surface area contributed by atoms with Crippen LogP contribution in [-0.2, 0) is 10.0 Å². The molecule has 0 saturated heterocycles. The second-order valence-electron chi connectivity index (χ2n) is 8.31. The molecule has 10 heteroatoms. The normalized spacial score (nSPS) is 17.3. The molecular formula is C22H26N6O3S. The van der Waals surface area contributed by atoms with Crippen LogP contribution in [0.3, 0.4) is 0 Å². The molecule has 2 aromatic heterocycles. The number of nitrogens with zero attached hydrogens (tertiary/aromatic N) is 4. The highest BCUT2D eigenvalue weighted by atomic mass is 32.2. The van der Waals surface area contributed by atoms with Gasteiger partial charge in [-0.25, -0.2) is 14.7 Å². The Kier molecular flexibility index (Phi) is 5.96. The predicted octanol–water partition coefficient (Wildman–Crippen LogP) is 3.57. The zero-order valence-corrected chi connectivity index (χ0v) is 19.3. The SMILES string of the molecule is Cc1cccc(C)c1-c1cc2nc(n1)NS(=O)(=O)c1cncc(n1)N[C@H](CC(C)C)CO2. The zero-order valence-electron chi connectivity index (χ0n) is 18.5. The number of benzene rings is 1. The van der Waals surface area contributed by atoms with Gasteiger partial charge < -0.3 is 10.1 Å². The molecule has 1 atom stereocenters. The Morgan fingerprint density at radius 2 is 1.88 bits per heavy atom. The molecule has 0 fully saturated rings. The van der Waals surface area contributed by atoms with Gasteiger partial charge in [0.25, 0.3) is 10.0 Å². The molecule has 0 aliphatic carbocycles. The first-order valence-electron chi connectivity index (χ1n) is 10.4. The summed E-state index contributed by atoms with van der Waals surface area (Å²) in [5, 5.41) is 3.03. The monoisotopic (exact) mass is 454 g/mol. The zero-order chi connectivity index (χ0) is 22.9. The molecule has 1 aromatic carbocycles. The van der Waals surface area contributed by atoms with E-state index in [1.165, 1.54) is 12.4 Å². The van der Waals surface area contributed by atoms with Gasteiger partial charge in [0, 0.05) is 11.6 Å². The van der Waals surface area contributed by atoms with Crippen molar-refractivity contribution in [3.8, 4) is 17.1 Å². The number of nitrogens with one attached hydrogen (secondary N) is 2. The van der Waals surface area contributed by atoms with Crippen molar-refractivity contribution in [1.82, 2.24) is 19.9 Å². The molecule has 1 aliphatic heterocycles. The van der Waals surface area contributed by atoms with Gasteiger partial charge in [-0.15, -0.1) is 0 Å². The summed E-state index contributed by atoms with van der Waals surface area (Å²) in [6, 6.07) is 7.56. The molecular weight excluding hydrogens is 428 g/mol. The van der Waals surface area contributed by atoms with Crippen LogP contribution in [-0.4, -0.2) is 41.0 Å². The van der Waals surface area contributed by atoms with E-state index in [0.717, 1.165) is 23.1 Å². The van der Waals surface area contributed by atoms with Crippen LogP contribution < -0.4 is 14.8 Å². The van der Waals surface area contributed by atoms with Crippen molar-refractivity contribution in [2.45, 2.75) is 45.2 Å². The highest BCUT2D eigenvalue weighted by Crippen LogP contribution is 2.29. The summed E-state index contributed by atoms with van der Waals surface area (Å²) >= 11 is 0. The van der Waals surface area contributed by atoms with Gasteiger partial charge in [-0.2, -0.15) is 13.4 Å². The molecule has 1 aliphatic rings. The lowest BCUT2D eigenvalue weighted by molar-refractivity contribution is 0.271. The third kappa shape index (κ3) is 4.80.